The highest BCUT2D eigenvalue weighted by Crippen LogP contribution is 2.39. The Morgan fingerprint density at radius 3 is 2.59 bits per heavy atom. The molecule has 29 heavy (non-hydrogen) atoms. The van der Waals surface area contributed by atoms with Crippen LogP contribution in [0.3, 0.4) is 0 Å². The molecule has 5 nitrogen and oxygen atoms in total. The molecule has 1 aliphatic carbocycles. The summed E-state index contributed by atoms with van der Waals surface area (Å²) in [5, 5.41) is 3.98. The predicted octanol–water partition coefficient (Wildman–Crippen LogP) is 4.49. The van der Waals surface area contributed by atoms with Crippen molar-refractivity contribution >= 4 is 27.0 Å². The van der Waals surface area contributed by atoms with Gasteiger partial charge < -0.3 is 5.32 Å². The minimum Gasteiger partial charge on any atom is -0.374 e. The molecule has 0 saturated carbocycles. The van der Waals surface area contributed by atoms with Gasteiger partial charge in [0.1, 0.15) is 16.6 Å². The lowest BCUT2D eigenvalue weighted by molar-refractivity contribution is 0.576. The van der Waals surface area contributed by atoms with Gasteiger partial charge in [-0.1, -0.05) is 0 Å². The van der Waals surface area contributed by atoms with Crippen LogP contribution in [0.4, 0.5) is 14.5 Å². The fourth-order valence-electron chi connectivity index (χ4n) is 3.36. The third kappa shape index (κ3) is 4.03. The Kier molecular flexibility index (Phi) is 5.37. The Morgan fingerprint density at radius 2 is 1.90 bits per heavy atom. The standard InChI is InChI=1S/C20H19F2N3O2S2/c1-23-29(26,27)14-9-10-16(15(22)11-14)24-17-3-2-4-18-19(17)25-20(28-18)12-5-7-13(21)8-6-12/h5-11,17,23-24H,2-4H2,1H3. The first-order valence-corrected chi connectivity index (χ1v) is 11.4. The van der Waals surface area contributed by atoms with Crippen molar-refractivity contribution in [3.63, 3.8) is 0 Å². The predicted molar refractivity (Wildman–Crippen MR) is 109 cm³/mol. The fourth-order valence-corrected chi connectivity index (χ4v) is 5.27. The molecule has 0 aliphatic heterocycles. The smallest absolute Gasteiger partial charge is 0.240 e. The van der Waals surface area contributed by atoms with Crippen LogP contribution in [0.2, 0.25) is 0 Å². The molecule has 0 bridgehead atoms. The van der Waals surface area contributed by atoms with E-state index in [1.165, 1.54) is 31.3 Å². The topological polar surface area (TPSA) is 71.1 Å². The highest BCUT2D eigenvalue weighted by atomic mass is 32.2. The first-order chi connectivity index (χ1) is 13.9. The van der Waals surface area contributed by atoms with Crippen molar-refractivity contribution in [3.8, 4) is 10.6 Å². The van der Waals surface area contributed by atoms with E-state index >= 15 is 0 Å². The van der Waals surface area contributed by atoms with Gasteiger partial charge in [0.25, 0.3) is 0 Å². The van der Waals surface area contributed by atoms with Gasteiger partial charge >= 0.3 is 0 Å². The quantitative estimate of drug-likeness (QED) is 0.620. The Labute approximate surface area is 171 Å². The second-order valence-electron chi connectivity index (χ2n) is 6.77. The molecule has 2 N–H and O–H groups in total. The van der Waals surface area contributed by atoms with Gasteiger partial charge in [-0.05, 0) is 68.8 Å². The number of nitrogens with one attached hydrogen (secondary N) is 2. The number of nitrogens with zero attached hydrogens (tertiary/aromatic N) is 1. The lowest BCUT2D eigenvalue weighted by Gasteiger charge is -2.23. The van der Waals surface area contributed by atoms with Crippen LogP contribution in [0.25, 0.3) is 10.6 Å². The molecule has 1 heterocycles. The van der Waals surface area contributed by atoms with Crippen LogP contribution < -0.4 is 10.0 Å². The minimum absolute atomic E-state index is 0.125. The first kappa shape index (κ1) is 19.9. The zero-order chi connectivity index (χ0) is 20.6. The molecular formula is C20H19F2N3O2S2. The van der Waals surface area contributed by atoms with Crippen molar-refractivity contribution in [2.24, 2.45) is 0 Å². The molecule has 0 amide bonds. The highest BCUT2D eigenvalue weighted by molar-refractivity contribution is 7.89. The maximum Gasteiger partial charge on any atom is 0.240 e. The van der Waals surface area contributed by atoms with Crippen LogP contribution in [0.5, 0.6) is 0 Å². The summed E-state index contributed by atoms with van der Waals surface area (Å²) in [4.78, 5) is 5.74. The number of hydrogen-bond acceptors (Lipinski definition) is 5. The van der Waals surface area contributed by atoms with Crippen molar-refractivity contribution in [1.82, 2.24) is 9.71 Å². The summed E-state index contributed by atoms with van der Waals surface area (Å²) in [6, 6.07) is 9.83. The first-order valence-electron chi connectivity index (χ1n) is 9.12. The normalized spacial score (nSPS) is 16.4. The van der Waals surface area contributed by atoms with Crippen molar-refractivity contribution in [2.45, 2.75) is 30.2 Å². The van der Waals surface area contributed by atoms with Crippen LogP contribution >= 0.6 is 11.3 Å². The Hall–Kier alpha value is -2.36. The molecule has 1 unspecified atom stereocenters. The molecule has 0 radical (unpaired) electrons. The fraction of sp³-hybridized carbons (Fsp3) is 0.250. The van der Waals surface area contributed by atoms with Gasteiger partial charge in [0.2, 0.25) is 10.0 Å². The van der Waals surface area contributed by atoms with Gasteiger partial charge in [0, 0.05) is 10.4 Å². The van der Waals surface area contributed by atoms with E-state index in [-0.39, 0.29) is 22.4 Å². The van der Waals surface area contributed by atoms with E-state index in [1.54, 1.807) is 23.5 Å². The monoisotopic (exact) mass is 435 g/mol. The third-order valence-electron chi connectivity index (χ3n) is 4.89. The molecule has 1 aliphatic rings. The van der Waals surface area contributed by atoms with E-state index in [0.717, 1.165) is 46.5 Å². The van der Waals surface area contributed by atoms with Crippen molar-refractivity contribution < 1.29 is 17.2 Å². The molecule has 9 heteroatoms. The number of aromatic nitrogens is 1. The molecule has 2 aromatic carbocycles. The van der Waals surface area contributed by atoms with Crippen LogP contribution in [0, 0.1) is 11.6 Å². The highest BCUT2D eigenvalue weighted by Gasteiger charge is 2.26. The lowest BCUT2D eigenvalue weighted by Crippen LogP contribution is -2.20. The summed E-state index contributed by atoms with van der Waals surface area (Å²) in [7, 11) is -2.42. The summed E-state index contributed by atoms with van der Waals surface area (Å²) >= 11 is 1.57. The largest absolute Gasteiger partial charge is 0.374 e. The maximum absolute atomic E-state index is 14.5. The molecule has 4 rings (SSSR count). The molecule has 1 atom stereocenters. The lowest BCUT2D eigenvalue weighted by atomic mass is 9.97. The zero-order valence-corrected chi connectivity index (χ0v) is 17.2. The second-order valence-corrected chi connectivity index (χ2v) is 9.74. The number of rotatable bonds is 5. The maximum atomic E-state index is 14.5. The van der Waals surface area contributed by atoms with Crippen LogP contribution in [-0.4, -0.2) is 20.4 Å². The van der Waals surface area contributed by atoms with E-state index in [4.69, 9.17) is 4.98 Å². The molecule has 0 spiro atoms. The van der Waals surface area contributed by atoms with E-state index < -0.39 is 15.8 Å². The van der Waals surface area contributed by atoms with Gasteiger partial charge in [-0.25, -0.2) is 26.9 Å². The molecule has 152 valence electrons. The Balaban J connectivity index is 1.61. The van der Waals surface area contributed by atoms with Gasteiger partial charge in [0.15, 0.2) is 0 Å². The summed E-state index contributed by atoms with van der Waals surface area (Å²) in [6.07, 6.45) is 2.62. The van der Waals surface area contributed by atoms with Crippen molar-refractivity contribution in [2.75, 3.05) is 12.4 Å². The summed E-state index contributed by atoms with van der Waals surface area (Å²) < 4.78 is 53.6. The molecule has 0 saturated heterocycles. The van der Waals surface area contributed by atoms with Crippen LogP contribution in [-0.2, 0) is 16.4 Å². The van der Waals surface area contributed by atoms with Gasteiger partial charge in [-0.2, -0.15) is 0 Å². The van der Waals surface area contributed by atoms with Crippen LogP contribution in [0.15, 0.2) is 47.4 Å². The van der Waals surface area contributed by atoms with Gasteiger partial charge in [-0.3, -0.25) is 0 Å². The number of fused-ring (bicyclic) bond motifs is 1. The average Bonchev–Trinajstić information content (AvgIpc) is 3.15. The Bertz CT molecular complexity index is 1150. The number of sulfonamides is 1. The third-order valence-corrected chi connectivity index (χ3v) is 7.49. The van der Waals surface area contributed by atoms with Crippen molar-refractivity contribution in [3.05, 3.63) is 64.7 Å². The number of hydrogen-bond donors (Lipinski definition) is 2. The van der Waals surface area contributed by atoms with Gasteiger partial charge in [0.05, 0.1) is 22.3 Å². The number of halogens is 2. The van der Waals surface area contributed by atoms with E-state index in [9.17, 15) is 17.2 Å². The number of thiazole rings is 1. The number of benzene rings is 2. The summed E-state index contributed by atoms with van der Waals surface area (Å²) in [5.41, 5.74) is 1.94. The van der Waals surface area contributed by atoms with E-state index in [2.05, 4.69) is 10.0 Å². The molecule has 0 fully saturated rings. The zero-order valence-electron chi connectivity index (χ0n) is 15.6. The SMILES string of the molecule is CNS(=O)(=O)c1ccc(NC2CCCc3sc(-c4ccc(F)cc4)nc32)c(F)c1. The summed E-state index contributed by atoms with van der Waals surface area (Å²) in [6.45, 7) is 0. The minimum atomic E-state index is -3.70. The average molecular weight is 436 g/mol. The number of aryl methyl sites for hydroxylation is 1. The molecular weight excluding hydrogens is 416 g/mol. The second kappa shape index (κ2) is 7.81. The van der Waals surface area contributed by atoms with Gasteiger partial charge in [-0.15, -0.1) is 11.3 Å². The van der Waals surface area contributed by atoms with E-state index in [1.807, 2.05) is 0 Å². The molecule has 3 aromatic rings. The summed E-state index contributed by atoms with van der Waals surface area (Å²) in [5.74, 6) is -0.934. The van der Waals surface area contributed by atoms with Crippen molar-refractivity contribution in [1.29, 1.82) is 0 Å². The number of anilines is 1. The Morgan fingerprint density at radius 1 is 1.14 bits per heavy atom. The van der Waals surface area contributed by atoms with E-state index in [0.29, 0.717) is 0 Å². The van der Waals surface area contributed by atoms with Crippen LogP contribution in [0.1, 0.15) is 29.5 Å². The molecule has 1 aromatic heterocycles.